The van der Waals surface area contributed by atoms with E-state index in [1.807, 2.05) is 163 Å². The molecule has 0 spiro atoms. The van der Waals surface area contributed by atoms with Crippen molar-refractivity contribution in [1.29, 1.82) is 0 Å². The van der Waals surface area contributed by atoms with Gasteiger partial charge in [-0.25, -0.2) is 31.5 Å². The Morgan fingerprint density at radius 1 is 0.568 bits per heavy atom. The molecule has 0 saturated carbocycles. The van der Waals surface area contributed by atoms with Gasteiger partial charge in [-0.15, -0.1) is 12.8 Å². The van der Waals surface area contributed by atoms with E-state index in [0.717, 1.165) is 72.6 Å². The molecule has 3 rings (SSSR count). The lowest BCUT2D eigenvalue weighted by Gasteiger charge is -2.34. The summed E-state index contributed by atoms with van der Waals surface area (Å²) >= 11 is 5.63. The van der Waals surface area contributed by atoms with Crippen molar-refractivity contribution in [3.8, 4) is 24.7 Å². The highest BCUT2D eigenvalue weighted by atomic mass is 35.5. The molecule has 19 nitrogen and oxygen atoms in total. The first-order valence-electron chi connectivity index (χ1n) is 37.1. The summed E-state index contributed by atoms with van der Waals surface area (Å²) < 4.78 is 45.1. The number of halogens is 1. The quantitative estimate of drug-likeness (QED) is 0.0618. The smallest absolute Gasteiger partial charge is 0.296 e. The van der Waals surface area contributed by atoms with Gasteiger partial charge in [0.15, 0.2) is 33.0 Å². The van der Waals surface area contributed by atoms with E-state index in [0.29, 0.717) is 23.4 Å². The minimum atomic E-state index is -3.26. The third kappa shape index (κ3) is 71.8. The highest BCUT2D eigenvalue weighted by Gasteiger charge is 2.29. The van der Waals surface area contributed by atoms with Gasteiger partial charge < -0.3 is 20.6 Å². The predicted octanol–water partition coefficient (Wildman–Crippen LogP) is 19.5. The molecule has 0 unspecified atom stereocenters. The van der Waals surface area contributed by atoms with Crippen molar-refractivity contribution in [2.24, 2.45) is 27.1 Å². The highest BCUT2D eigenvalue weighted by Crippen LogP contribution is 2.29. The lowest BCUT2D eigenvalue weighted by Crippen LogP contribution is -2.46. The van der Waals surface area contributed by atoms with Gasteiger partial charge in [-0.2, -0.15) is 0 Å². The molecule has 0 aromatic carbocycles. The molecule has 0 radical (unpaired) electrons. The van der Waals surface area contributed by atoms with E-state index in [9.17, 15) is 55.2 Å². The highest BCUT2D eigenvalue weighted by molar-refractivity contribution is 7.95. The van der Waals surface area contributed by atoms with Crippen molar-refractivity contribution in [3.63, 3.8) is 0 Å². The zero-order valence-corrected chi connectivity index (χ0v) is 77.1. The zero-order valence-electron chi connectivity index (χ0n) is 74.7. The molecule has 0 fully saturated rings. The van der Waals surface area contributed by atoms with Crippen molar-refractivity contribution in [2.75, 3.05) is 13.2 Å². The number of ketones is 5. The second kappa shape index (κ2) is 55.5. The molecule has 1 aromatic heterocycles. The number of β-amino-alcohol motifs (C(OH)–C–C–N with tert-alkyl or cyclic N) is 1. The van der Waals surface area contributed by atoms with E-state index >= 15 is 0 Å². The Hall–Kier alpha value is -7.01. The average Bonchev–Trinajstić information content (AvgIpc) is 1.47. The van der Waals surface area contributed by atoms with Gasteiger partial charge in [0.2, 0.25) is 32.9 Å². The molecule has 111 heavy (non-hydrogen) atoms. The van der Waals surface area contributed by atoms with Gasteiger partial charge in [0.25, 0.3) is 5.91 Å². The number of carbonyl (C=O) groups excluding carboxylic acids is 8. The van der Waals surface area contributed by atoms with Crippen LogP contribution >= 0.6 is 11.6 Å². The molecule has 0 bridgehead atoms. The summed E-state index contributed by atoms with van der Waals surface area (Å²) in [7, 11) is -6.34. The Balaban J connectivity index is -0.000000148. The number of hydrogen-bond acceptors (Lipinski definition) is 15. The molecule has 3 amide bonds. The fourth-order valence-corrected chi connectivity index (χ4v) is 8.85. The molecule has 2 aliphatic carbocycles. The Kier molecular flexibility index (Phi) is 61.1. The normalized spacial score (nSPS) is 12.8. The summed E-state index contributed by atoms with van der Waals surface area (Å²) in [4.78, 5) is 97.7. The average molecular weight is 1620 g/mol. The molecule has 4 N–H and O–H groups in total. The van der Waals surface area contributed by atoms with Gasteiger partial charge in [0.05, 0.1) is 17.0 Å². The molecule has 1 aromatic rings. The number of carbonyl (C=O) groups is 8. The van der Waals surface area contributed by atoms with E-state index in [1.165, 1.54) is 31.1 Å². The number of allylic oxidation sites excluding steroid dienone is 7. The van der Waals surface area contributed by atoms with E-state index in [1.54, 1.807) is 79.5 Å². The van der Waals surface area contributed by atoms with Gasteiger partial charge in [-0.3, -0.25) is 38.4 Å². The predicted molar refractivity (Wildman–Crippen MR) is 471 cm³/mol. The second-order valence-electron chi connectivity index (χ2n) is 36.8. The number of aliphatic hydroxyl groups excluding tert-OH is 1. The number of nitrogens with one attached hydrogen (secondary N) is 3. The summed E-state index contributed by atoms with van der Waals surface area (Å²) in [5.74, 6) is 4.25. The van der Waals surface area contributed by atoms with Crippen molar-refractivity contribution in [1.82, 2.24) is 30.2 Å². The molecule has 0 saturated heterocycles. The van der Waals surface area contributed by atoms with Crippen LogP contribution in [-0.2, 0) is 63.6 Å². The van der Waals surface area contributed by atoms with Crippen molar-refractivity contribution < 1.29 is 60.3 Å². The zero-order chi connectivity index (χ0) is 89.5. The molecular formula is C89H155ClN6O13S2. The van der Waals surface area contributed by atoms with Crippen LogP contribution in [0.5, 0.6) is 0 Å². The Morgan fingerprint density at radius 3 is 1.17 bits per heavy atom. The van der Waals surface area contributed by atoms with Gasteiger partial charge >= 0.3 is 0 Å². The van der Waals surface area contributed by atoms with Crippen LogP contribution in [0.1, 0.15) is 306 Å². The fraction of sp³-hybridized carbons (Fsp3) is 0.640. The molecule has 638 valence electrons. The number of terminal acetylenes is 2. The SMILES string of the molecule is C.C#CC(=O)C(C)(C)C.C#CC(=O)NC(C)(C)C.C=CC(=O)C(C)(C)C.C=CC(=O)N(CCO)C(C)(C)C.C=CC(=O)NC(C)(C)C.C=CS(=O)(=O)C(C)(C)C.C=CS(=O)(=O)NC(C)(C)C.CC(C)(C)C(=O)C1=CCCC1.CC(C)(C)C(=O)C1=CCCCC1.CC(C)(C)c1ccnc(Cl)n1.CCC/C=C/C(=O)C(C)(C)C. The van der Waals surface area contributed by atoms with E-state index in [-0.39, 0.29) is 98.2 Å². The van der Waals surface area contributed by atoms with Crippen LogP contribution in [0.15, 0.2) is 110 Å². The first-order valence-corrected chi connectivity index (χ1v) is 40.5. The maximum absolute atomic E-state index is 11.8. The summed E-state index contributed by atoms with van der Waals surface area (Å²) in [6.07, 6.45) is 33.0. The van der Waals surface area contributed by atoms with Crippen LogP contribution in [0, 0.1) is 51.8 Å². The van der Waals surface area contributed by atoms with Crippen LogP contribution in [0.4, 0.5) is 0 Å². The number of hydrogen-bond donors (Lipinski definition) is 4. The molecule has 0 aliphatic heterocycles. The van der Waals surface area contributed by atoms with Gasteiger partial charge in [0, 0.05) is 78.2 Å². The van der Waals surface area contributed by atoms with Gasteiger partial charge in [0.1, 0.15) is 0 Å². The van der Waals surface area contributed by atoms with E-state index in [4.69, 9.17) is 29.6 Å². The molecule has 1 heterocycles. The second-order valence-corrected chi connectivity index (χ2v) is 41.4. The number of sulfone groups is 1. The molecular weight excluding hydrogens is 1460 g/mol. The fourth-order valence-electron chi connectivity index (χ4n) is 7.27. The number of rotatable bonds is 13. The monoisotopic (exact) mass is 1620 g/mol. The Morgan fingerprint density at radius 2 is 0.991 bits per heavy atom. The topological polar surface area (TPSA) is 290 Å². The van der Waals surface area contributed by atoms with Crippen molar-refractivity contribution in [2.45, 2.75) is 333 Å². The minimum Gasteiger partial charge on any atom is -0.395 e. The minimum absolute atomic E-state index is 0. The lowest BCUT2D eigenvalue weighted by molar-refractivity contribution is -0.131. The maximum Gasteiger partial charge on any atom is 0.296 e. The summed E-state index contributed by atoms with van der Waals surface area (Å²) in [5, 5.41) is 16.2. The first-order chi connectivity index (χ1) is 48.9. The number of unbranched alkanes of at least 4 members (excludes halogenated alkanes) is 1. The number of amides is 3. The molecule has 0 atom stereocenters. The van der Waals surface area contributed by atoms with Crippen LogP contribution < -0.4 is 15.4 Å². The molecule has 2 aliphatic rings. The third-order valence-corrected chi connectivity index (χ3v) is 17.2. The van der Waals surface area contributed by atoms with Crippen LogP contribution in [0.25, 0.3) is 0 Å². The Labute approximate surface area is 683 Å². The molecule has 22 heteroatoms. The number of aliphatic hydroxyl groups is 1. The summed E-state index contributed by atoms with van der Waals surface area (Å²) in [6.45, 7) is 81.4. The van der Waals surface area contributed by atoms with Gasteiger partial charge in [-0.05, 0) is 220 Å². The summed E-state index contributed by atoms with van der Waals surface area (Å²) in [5.41, 5.74) is 0.881. The summed E-state index contributed by atoms with van der Waals surface area (Å²) in [6, 6.07) is 1.88. The van der Waals surface area contributed by atoms with Crippen molar-refractivity contribution in [3.05, 3.63) is 121 Å². The van der Waals surface area contributed by atoms with E-state index < -0.39 is 30.1 Å². The first kappa shape index (κ1) is 122. The number of Topliss-reactive ketones (excluding diaryl/α,β-unsaturated/α-hetero) is 3. The number of sulfonamides is 1. The maximum atomic E-state index is 11.8. The number of aromatic nitrogens is 2. The van der Waals surface area contributed by atoms with Crippen LogP contribution in [0.2, 0.25) is 5.28 Å². The standard InChI is InChI=1S/C11H18O.C10H16O.C10H18O.C9H17NO2.C8H11ClN2.C7H13NO.C7H11NO.C7H12O.C7H10O.C6H13NO2S.C6H12O2S.CH4/c1-11(2,3)10(12)9-7-5-4-6-8-9;1-10(2,3)9(11)8-6-4-5-7-8;1-5-6-7-8-9(11)10(2,3)4;1-5-8(12)10(6-7-11)9(2,3)4;1-8(2,3)6-4-5-10-7(9)11-6;2*1-5-6(9)8-7(2,3)4;2*1-5-6(8)7(2,3)4;1-5-10(8,9)7-6(2,3)4;1-5-9(7,8)6(2,3)4;/h7H,4-6,8H2,1-3H3;6H,4-5,7H2,1-3H3;7-8H,5-6H2,1-4H3;5,11H,1,6-7H2,2-4H3;4-5H,1-3H3;5H,1H2,2-4H3,(H,8,9);1H,2-4H3,(H,8,9);5H,1H2,2-4H3;1H,2-4H3;5,7H,1H2,2-4H3;5H,1H2,2-4H3;1H4/b;;8-7+;;;;;;;;;. The van der Waals surface area contributed by atoms with Crippen LogP contribution in [0.3, 0.4) is 0 Å². The largest absolute Gasteiger partial charge is 0.395 e. The van der Waals surface area contributed by atoms with Crippen LogP contribution in [-0.4, -0.2) is 124 Å². The van der Waals surface area contributed by atoms with Crippen molar-refractivity contribution >= 4 is 78.1 Å². The lowest BCUT2D eigenvalue weighted by atomic mass is 9.82. The third-order valence-electron chi connectivity index (χ3n) is 13.5. The number of nitrogens with zero attached hydrogens (tertiary/aromatic N) is 3. The van der Waals surface area contributed by atoms with Gasteiger partial charge in [-0.1, -0.05) is 197 Å². The Bertz CT molecular complexity index is 3490. The van der Waals surface area contributed by atoms with E-state index in [2.05, 4.69) is 104 Å².